The van der Waals surface area contributed by atoms with E-state index in [1.54, 1.807) is 0 Å². The van der Waals surface area contributed by atoms with Crippen LogP contribution in [0.4, 0.5) is 21.6 Å². The highest BCUT2D eigenvalue weighted by atomic mass is 79.9. The maximum atomic E-state index is 13.2. The minimum Gasteiger partial charge on any atom is -0.478 e. The molecule has 0 amide bonds. The third-order valence-corrected chi connectivity index (χ3v) is 3.19. The second kappa shape index (κ2) is 5.83. The fourth-order valence-electron chi connectivity index (χ4n) is 1.54. The largest absolute Gasteiger partial charge is 0.478 e. The van der Waals surface area contributed by atoms with E-state index in [2.05, 4.69) is 26.2 Å². The van der Waals surface area contributed by atoms with Crippen LogP contribution in [-0.2, 0) is 0 Å². The van der Waals surface area contributed by atoms with Gasteiger partial charge in [-0.1, -0.05) is 0 Å². The Balaban J connectivity index is 2.46. The fraction of sp³-hybridized carbons (Fsp3) is 0. The third kappa shape index (κ3) is 3.31. The topological polar surface area (TPSA) is 105 Å². The smallest absolute Gasteiger partial charge is 0.339 e. The standard InChI is InChI=1S/C12H7BrFN3O4/c13-9-2-1-6(14)3-10(9)16-11-8(12(18)19)4-7(5-15-11)17(20)21/h1-5H,(H,15,16)(H,18,19). The minimum atomic E-state index is -1.39. The van der Waals surface area contributed by atoms with Crippen molar-refractivity contribution < 1.29 is 19.2 Å². The van der Waals surface area contributed by atoms with Gasteiger partial charge in [0.05, 0.1) is 10.6 Å². The second-order valence-electron chi connectivity index (χ2n) is 3.90. The fourth-order valence-corrected chi connectivity index (χ4v) is 1.88. The zero-order valence-corrected chi connectivity index (χ0v) is 11.8. The quantitative estimate of drug-likeness (QED) is 0.643. The number of pyridine rings is 1. The Bertz CT molecular complexity index is 738. The van der Waals surface area contributed by atoms with Gasteiger partial charge in [0.15, 0.2) is 0 Å². The summed E-state index contributed by atoms with van der Waals surface area (Å²) in [6, 6.07) is 4.67. The van der Waals surface area contributed by atoms with Crippen LogP contribution in [0, 0.1) is 15.9 Å². The molecular formula is C12H7BrFN3O4. The van der Waals surface area contributed by atoms with Gasteiger partial charge in [-0.3, -0.25) is 10.1 Å². The lowest BCUT2D eigenvalue weighted by Gasteiger charge is -2.10. The number of halogens is 2. The molecule has 0 spiro atoms. The number of carbonyl (C=O) groups is 1. The van der Waals surface area contributed by atoms with Gasteiger partial charge in [0.25, 0.3) is 5.69 Å². The molecule has 1 heterocycles. The van der Waals surface area contributed by atoms with Crippen LogP contribution < -0.4 is 5.32 Å². The van der Waals surface area contributed by atoms with Crippen molar-refractivity contribution in [2.24, 2.45) is 0 Å². The van der Waals surface area contributed by atoms with Crippen molar-refractivity contribution in [2.45, 2.75) is 0 Å². The lowest BCUT2D eigenvalue weighted by atomic mass is 10.2. The molecule has 2 aromatic rings. The van der Waals surface area contributed by atoms with Crippen molar-refractivity contribution in [3.8, 4) is 0 Å². The van der Waals surface area contributed by atoms with Crippen LogP contribution in [0.2, 0.25) is 0 Å². The molecule has 108 valence electrons. The molecule has 0 bridgehead atoms. The van der Waals surface area contributed by atoms with E-state index in [-0.39, 0.29) is 17.1 Å². The molecule has 0 atom stereocenters. The Morgan fingerprint density at radius 1 is 1.43 bits per heavy atom. The monoisotopic (exact) mass is 355 g/mol. The number of nitrogens with zero attached hydrogens (tertiary/aromatic N) is 2. The summed E-state index contributed by atoms with van der Waals surface area (Å²) in [7, 11) is 0. The molecule has 21 heavy (non-hydrogen) atoms. The number of anilines is 2. The number of nitro groups is 1. The summed E-state index contributed by atoms with van der Waals surface area (Å²) in [5.74, 6) is -2.04. The molecule has 1 aromatic carbocycles. The van der Waals surface area contributed by atoms with Gasteiger partial charge >= 0.3 is 5.97 Å². The lowest BCUT2D eigenvalue weighted by Crippen LogP contribution is -2.06. The van der Waals surface area contributed by atoms with Crippen molar-refractivity contribution in [1.29, 1.82) is 0 Å². The number of hydrogen-bond donors (Lipinski definition) is 2. The summed E-state index contributed by atoms with van der Waals surface area (Å²) in [6.45, 7) is 0. The zero-order chi connectivity index (χ0) is 15.6. The first kappa shape index (κ1) is 14.9. The van der Waals surface area contributed by atoms with Crippen LogP contribution in [0.3, 0.4) is 0 Å². The first-order valence-corrected chi connectivity index (χ1v) is 6.27. The normalized spacial score (nSPS) is 10.2. The predicted molar refractivity (Wildman–Crippen MR) is 75.2 cm³/mol. The Labute approximate surface area is 125 Å². The van der Waals surface area contributed by atoms with Crippen molar-refractivity contribution in [3.05, 3.63) is 56.4 Å². The number of nitrogens with one attached hydrogen (secondary N) is 1. The highest BCUT2D eigenvalue weighted by molar-refractivity contribution is 9.10. The van der Waals surface area contributed by atoms with Crippen molar-refractivity contribution in [3.63, 3.8) is 0 Å². The van der Waals surface area contributed by atoms with Crippen molar-refractivity contribution in [1.82, 2.24) is 4.98 Å². The maximum absolute atomic E-state index is 13.2. The van der Waals surface area contributed by atoms with Crippen LogP contribution in [0.1, 0.15) is 10.4 Å². The van der Waals surface area contributed by atoms with Gasteiger partial charge in [0.1, 0.15) is 23.4 Å². The van der Waals surface area contributed by atoms with Gasteiger partial charge in [-0.2, -0.15) is 0 Å². The van der Waals surface area contributed by atoms with E-state index in [0.29, 0.717) is 4.47 Å². The summed E-state index contributed by atoms with van der Waals surface area (Å²) in [4.78, 5) is 24.8. The summed E-state index contributed by atoms with van der Waals surface area (Å²) >= 11 is 3.17. The molecule has 2 rings (SSSR count). The molecule has 7 nitrogen and oxygen atoms in total. The third-order valence-electron chi connectivity index (χ3n) is 2.50. The number of carboxylic acid groups (broad SMARTS) is 1. The van der Waals surface area contributed by atoms with Gasteiger partial charge in [-0.15, -0.1) is 0 Å². The van der Waals surface area contributed by atoms with Crippen LogP contribution in [0.5, 0.6) is 0 Å². The predicted octanol–water partition coefficient (Wildman–Crippen LogP) is 3.33. The Hall–Kier alpha value is -2.55. The maximum Gasteiger partial charge on any atom is 0.339 e. The Kier molecular flexibility index (Phi) is 4.13. The van der Waals surface area contributed by atoms with Crippen molar-refractivity contribution >= 4 is 39.1 Å². The lowest BCUT2D eigenvalue weighted by molar-refractivity contribution is -0.385. The summed E-state index contributed by atoms with van der Waals surface area (Å²) < 4.78 is 13.7. The Morgan fingerprint density at radius 2 is 2.14 bits per heavy atom. The van der Waals surface area contributed by atoms with E-state index in [1.165, 1.54) is 12.1 Å². The minimum absolute atomic E-state index is 0.126. The van der Waals surface area contributed by atoms with Crippen LogP contribution in [0.15, 0.2) is 34.9 Å². The van der Waals surface area contributed by atoms with Gasteiger partial charge < -0.3 is 10.4 Å². The molecule has 0 saturated carbocycles. The van der Waals surface area contributed by atoms with Crippen molar-refractivity contribution in [2.75, 3.05) is 5.32 Å². The zero-order valence-electron chi connectivity index (χ0n) is 10.2. The molecule has 0 fully saturated rings. The average Bonchev–Trinajstić information content (AvgIpc) is 2.42. The molecule has 1 aromatic heterocycles. The van der Waals surface area contributed by atoms with Crippen LogP contribution in [0.25, 0.3) is 0 Å². The van der Waals surface area contributed by atoms with Crippen LogP contribution in [-0.4, -0.2) is 21.0 Å². The molecule has 0 aliphatic heterocycles. The highest BCUT2D eigenvalue weighted by Gasteiger charge is 2.18. The van der Waals surface area contributed by atoms with Gasteiger partial charge in [0, 0.05) is 10.5 Å². The summed E-state index contributed by atoms with van der Waals surface area (Å²) in [5.41, 5.74) is -0.588. The number of hydrogen-bond acceptors (Lipinski definition) is 5. The van der Waals surface area contributed by atoms with Gasteiger partial charge in [-0.05, 0) is 34.1 Å². The number of aromatic carboxylic acids is 1. The van der Waals surface area contributed by atoms with E-state index >= 15 is 0 Å². The molecular weight excluding hydrogens is 349 g/mol. The molecule has 0 aliphatic carbocycles. The van der Waals surface area contributed by atoms with E-state index in [0.717, 1.165) is 18.3 Å². The molecule has 0 saturated heterocycles. The molecule has 0 radical (unpaired) electrons. The molecule has 0 aliphatic rings. The first-order chi connectivity index (χ1) is 9.88. The number of aromatic nitrogens is 1. The highest BCUT2D eigenvalue weighted by Crippen LogP contribution is 2.28. The molecule has 9 heteroatoms. The van der Waals surface area contributed by atoms with Gasteiger partial charge in [-0.25, -0.2) is 14.2 Å². The second-order valence-corrected chi connectivity index (χ2v) is 4.76. The number of rotatable bonds is 4. The van der Waals surface area contributed by atoms with E-state index in [9.17, 15) is 19.3 Å². The van der Waals surface area contributed by atoms with Gasteiger partial charge in [0.2, 0.25) is 0 Å². The van der Waals surface area contributed by atoms with E-state index < -0.39 is 22.4 Å². The Morgan fingerprint density at radius 3 is 2.76 bits per heavy atom. The number of carboxylic acids is 1. The first-order valence-electron chi connectivity index (χ1n) is 5.48. The number of benzene rings is 1. The van der Waals surface area contributed by atoms with Crippen LogP contribution >= 0.6 is 15.9 Å². The van der Waals surface area contributed by atoms with E-state index in [4.69, 9.17) is 5.11 Å². The summed E-state index contributed by atoms with van der Waals surface area (Å²) in [5, 5.41) is 22.4. The average molecular weight is 356 g/mol. The molecule has 0 unspecified atom stereocenters. The molecule has 2 N–H and O–H groups in total. The summed E-state index contributed by atoms with van der Waals surface area (Å²) in [6.07, 6.45) is 0.919. The van der Waals surface area contributed by atoms with E-state index in [1.807, 2.05) is 0 Å². The SMILES string of the molecule is O=C(O)c1cc([N+](=O)[O-])cnc1Nc1cc(F)ccc1Br.